The van der Waals surface area contributed by atoms with Gasteiger partial charge < -0.3 is 9.84 Å². The number of pyridine rings is 1. The molecule has 4 nitrogen and oxygen atoms in total. The molecule has 0 aliphatic carbocycles. The summed E-state index contributed by atoms with van der Waals surface area (Å²) in [5.74, 6) is 5.39. The lowest BCUT2D eigenvalue weighted by Gasteiger charge is -2.37. The molecule has 0 bridgehead atoms. The van der Waals surface area contributed by atoms with Crippen molar-refractivity contribution in [3.63, 3.8) is 0 Å². The fourth-order valence-electron chi connectivity index (χ4n) is 4.82. The molecule has 0 unspecified atom stereocenters. The van der Waals surface area contributed by atoms with Gasteiger partial charge in [-0.3, -0.25) is 9.88 Å². The summed E-state index contributed by atoms with van der Waals surface area (Å²) in [4.78, 5) is 6.64. The molecule has 0 radical (unpaired) electrons. The molecule has 1 fully saturated rings. The number of piperidine rings is 1. The average Bonchev–Trinajstić information content (AvgIpc) is 2.87. The van der Waals surface area contributed by atoms with Crippen LogP contribution in [0.1, 0.15) is 30.4 Å². The third-order valence-electron chi connectivity index (χ3n) is 6.75. The summed E-state index contributed by atoms with van der Waals surface area (Å²) in [5, 5.41) is 11.1. The van der Waals surface area contributed by atoms with Crippen LogP contribution in [-0.4, -0.2) is 48.3 Å². The number of aliphatic hydroxyl groups is 1. The molecule has 1 N–H and O–H groups in total. The van der Waals surface area contributed by atoms with Crippen LogP contribution in [0.5, 0.6) is 5.75 Å². The van der Waals surface area contributed by atoms with E-state index in [4.69, 9.17) is 4.74 Å². The highest BCUT2D eigenvalue weighted by Crippen LogP contribution is 2.29. The van der Waals surface area contributed by atoms with Gasteiger partial charge in [0.25, 0.3) is 0 Å². The van der Waals surface area contributed by atoms with Gasteiger partial charge in [0.15, 0.2) is 11.6 Å². The van der Waals surface area contributed by atoms with Crippen LogP contribution in [0.2, 0.25) is 0 Å². The molecule has 3 aromatic rings. The molecule has 1 aliphatic rings. The molecule has 0 saturated carbocycles. The van der Waals surface area contributed by atoms with E-state index in [-0.39, 0.29) is 18.1 Å². The van der Waals surface area contributed by atoms with Crippen LogP contribution in [-0.2, 0) is 6.42 Å². The molecule has 2 aromatic carbocycles. The van der Waals surface area contributed by atoms with Crippen molar-refractivity contribution in [1.82, 2.24) is 9.88 Å². The lowest BCUT2D eigenvalue weighted by Crippen LogP contribution is -2.42. The molecule has 0 spiro atoms. The number of rotatable bonds is 7. The molecule has 2 atom stereocenters. The largest absolute Gasteiger partial charge is 0.497 e. The summed E-state index contributed by atoms with van der Waals surface area (Å²) >= 11 is 0. The number of hydrogen-bond acceptors (Lipinski definition) is 4. The van der Waals surface area contributed by atoms with E-state index >= 15 is 0 Å². The quantitative estimate of drug-likeness (QED) is 0.509. The van der Waals surface area contributed by atoms with E-state index in [1.807, 2.05) is 24.4 Å². The van der Waals surface area contributed by atoms with Crippen molar-refractivity contribution in [2.24, 2.45) is 11.8 Å². The molecule has 1 aromatic heterocycles. The zero-order valence-electron chi connectivity index (χ0n) is 19.4. The maximum absolute atomic E-state index is 13.8. The van der Waals surface area contributed by atoms with Gasteiger partial charge >= 0.3 is 0 Å². The van der Waals surface area contributed by atoms with Crippen molar-refractivity contribution >= 4 is 10.9 Å². The van der Waals surface area contributed by atoms with Crippen molar-refractivity contribution in [3.8, 4) is 17.6 Å². The van der Waals surface area contributed by atoms with E-state index in [9.17, 15) is 13.9 Å². The maximum atomic E-state index is 13.8. The van der Waals surface area contributed by atoms with Gasteiger partial charge in [0, 0.05) is 24.7 Å². The molecule has 6 heteroatoms. The normalized spacial score (nSPS) is 18.5. The van der Waals surface area contributed by atoms with E-state index in [1.165, 1.54) is 17.7 Å². The van der Waals surface area contributed by atoms with Crippen LogP contribution in [0.3, 0.4) is 0 Å². The second-order valence-corrected chi connectivity index (χ2v) is 8.88. The molecular weight excluding hydrogens is 434 g/mol. The summed E-state index contributed by atoms with van der Waals surface area (Å²) in [7, 11) is 1.67. The van der Waals surface area contributed by atoms with Crippen LogP contribution in [0.25, 0.3) is 10.9 Å². The highest BCUT2D eigenvalue weighted by molar-refractivity contribution is 5.83. The molecule has 4 rings (SSSR count). The van der Waals surface area contributed by atoms with Gasteiger partial charge in [-0.2, -0.15) is 0 Å². The van der Waals surface area contributed by atoms with Crippen LogP contribution >= 0.6 is 0 Å². The Balaban J connectivity index is 1.31. The van der Waals surface area contributed by atoms with Gasteiger partial charge in [-0.1, -0.05) is 17.9 Å². The average molecular weight is 465 g/mol. The van der Waals surface area contributed by atoms with Gasteiger partial charge in [-0.05, 0) is 86.0 Å². The zero-order chi connectivity index (χ0) is 23.9. The third-order valence-corrected chi connectivity index (χ3v) is 6.75. The van der Waals surface area contributed by atoms with Crippen molar-refractivity contribution in [1.29, 1.82) is 0 Å². The van der Waals surface area contributed by atoms with Crippen LogP contribution in [0, 0.1) is 35.3 Å². The van der Waals surface area contributed by atoms with Gasteiger partial charge in [0.2, 0.25) is 0 Å². The standard InChI is InChI=1S/C28H30F2N2O2/c1-34-24-10-11-27-25(17-24)21(12-14-31-27)6-2-5-20-13-16-32(18-23(20)19-33)15-4-8-22-7-3-9-26(29)28(22)30/h3,7,9-12,14,17,20,23,33H,2,5-6,13,15-16,18-19H2,1H3/t20-,23-/m1/s1. The van der Waals surface area contributed by atoms with E-state index in [0.717, 1.165) is 61.5 Å². The van der Waals surface area contributed by atoms with Gasteiger partial charge in [-0.25, -0.2) is 8.78 Å². The monoisotopic (exact) mass is 464 g/mol. The number of methoxy groups -OCH3 is 1. The molecule has 178 valence electrons. The van der Waals surface area contributed by atoms with E-state index < -0.39 is 11.6 Å². The minimum absolute atomic E-state index is 0.0786. The van der Waals surface area contributed by atoms with Crippen molar-refractivity contribution in [2.75, 3.05) is 33.4 Å². The Hall–Kier alpha value is -3.01. The Kier molecular flexibility index (Phi) is 8.10. The van der Waals surface area contributed by atoms with Crippen molar-refractivity contribution in [2.45, 2.75) is 25.7 Å². The fraction of sp³-hybridized carbons (Fsp3) is 0.393. The SMILES string of the molecule is COc1ccc2nccc(CCC[C@@H]3CCN(CC#Cc4cccc(F)c4F)C[C@@H]3CO)c2c1. The first-order valence-electron chi connectivity index (χ1n) is 11.8. The number of aryl methyl sites for hydroxylation is 1. The van der Waals surface area contributed by atoms with Gasteiger partial charge in [-0.15, -0.1) is 0 Å². The smallest absolute Gasteiger partial charge is 0.174 e. The minimum atomic E-state index is -0.901. The second kappa shape index (κ2) is 11.4. The highest BCUT2D eigenvalue weighted by atomic mass is 19.2. The summed E-state index contributed by atoms with van der Waals surface area (Å²) < 4.78 is 32.5. The number of aliphatic hydroxyl groups excluding tert-OH is 1. The van der Waals surface area contributed by atoms with E-state index in [2.05, 4.69) is 27.8 Å². The van der Waals surface area contributed by atoms with Crippen LogP contribution in [0.15, 0.2) is 48.7 Å². The second-order valence-electron chi connectivity index (χ2n) is 8.88. The first-order chi connectivity index (χ1) is 16.6. The number of aromatic nitrogens is 1. The predicted octanol–water partition coefficient (Wildman–Crippen LogP) is 4.83. The number of ether oxygens (including phenoxy) is 1. The minimum Gasteiger partial charge on any atom is -0.497 e. The number of benzene rings is 2. The summed E-state index contributed by atoms with van der Waals surface area (Å²) in [6.07, 6.45) is 5.89. The number of hydrogen-bond donors (Lipinski definition) is 1. The summed E-state index contributed by atoms with van der Waals surface area (Å²) in [5.41, 5.74) is 2.32. The Morgan fingerprint density at radius 3 is 2.88 bits per heavy atom. The third kappa shape index (κ3) is 5.72. The Bertz CT molecular complexity index is 1190. The lowest BCUT2D eigenvalue weighted by molar-refractivity contribution is 0.0748. The molecular formula is C28H30F2N2O2. The number of halogens is 2. The maximum Gasteiger partial charge on any atom is 0.174 e. The van der Waals surface area contributed by atoms with E-state index in [1.54, 1.807) is 7.11 Å². The van der Waals surface area contributed by atoms with Gasteiger partial charge in [0.05, 0.1) is 24.7 Å². The first-order valence-corrected chi connectivity index (χ1v) is 11.8. The molecule has 34 heavy (non-hydrogen) atoms. The van der Waals surface area contributed by atoms with E-state index in [0.29, 0.717) is 12.5 Å². The molecule has 2 heterocycles. The molecule has 1 aliphatic heterocycles. The molecule has 1 saturated heterocycles. The predicted molar refractivity (Wildman–Crippen MR) is 130 cm³/mol. The Morgan fingerprint density at radius 1 is 1.18 bits per heavy atom. The number of likely N-dealkylation sites (tertiary alicyclic amines) is 1. The highest BCUT2D eigenvalue weighted by Gasteiger charge is 2.28. The first kappa shape index (κ1) is 24.1. The Labute approximate surface area is 199 Å². The van der Waals surface area contributed by atoms with Crippen LogP contribution in [0.4, 0.5) is 8.78 Å². The topological polar surface area (TPSA) is 45.6 Å². The number of nitrogens with zero attached hydrogens (tertiary/aromatic N) is 2. The molecule has 0 amide bonds. The van der Waals surface area contributed by atoms with Crippen molar-refractivity contribution < 1.29 is 18.6 Å². The zero-order valence-corrected chi connectivity index (χ0v) is 19.4. The van der Waals surface area contributed by atoms with Crippen LogP contribution < -0.4 is 4.74 Å². The van der Waals surface area contributed by atoms with Crippen molar-refractivity contribution in [3.05, 3.63) is 71.4 Å². The van der Waals surface area contributed by atoms with Gasteiger partial charge in [0.1, 0.15) is 5.75 Å². The summed E-state index contributed by atoms with van der Waals surface area (Å²) in [6, 6.07) is 12.1. The number of fused-ring (bicyclic) bond motifs is 1. The lowest BCUT2D eigenvalue weighted by atomic mass is 9.82. The fourth-order valence-corrected chi connectivity index (χ4v) is 4.82. The summed E-state index contributed by atoms with van der Waals surface area (Å²) in [6.45, 7) is 2.26. The Morgan fingerprint density at radius 2 is 2.06 bits per heavy atom.